The Hall–Kier alpha value is -1.81. The van der Waals surface area contributed by atoms with Crippen LogP contribution in [0.3, 0.4) is 0 Å². The van der Waals surface area contributed by atoms with Crippen molar-refractivity contribution in [2.75, 3.05) is 5.73 Å². The maximum absolute atomic E-state index is 12.0. The van der Waals surface area contributed by atoms with Gasteiger partial charge in [0.2, 0.25) is 0 Å². The van der Waals surface area contributed by atoms with Crippen LogP contribution in [0.15, 0.2) is 30.5 Å². The lowest BCUT2D eigenvalue weighted by atomic mass is 10.1. The summed E-state index contributed by atoms with van der Waals surface area (Å²) in [5, 5.41) is 4.44. The predicted molar refractivity (Wildman–Crippen MR) is 62.5 cm³/mol. The number of rotatable bonds is 2. The molecule has 0 bridgehead atoms. The summed E-state index contributed by atoms with van der Waals surface area (Å²) in [5.41, 5.74) is 6.63. The molecular formula is C11H10ClN3O. The SMILES string of the molecule is Cn1ncc(C(=O)c2cccc(Cl)c2)c1N. The van der Waals surface area contributed by atoms with Gasteiger partial charge in [0.15, 0.2) is 5.78 Å². The Morgan fingerprint density at radius 1 is 1.50 bits per heavy atom. The van der Waals surface area contributed by atoms with Crippen LogP contribution >= 0.6 is 11.6 Å². The highest BCUT2D eigenvalue weighted by Gasteiger charge is 2.15. The average molecular weight is 236 g/mol. The number of benzene rings is 1. The van der Waals surface area contributed by atoms with Crippen LogP contribution in [-0.4, -0.2) is 15.6 Å². The second kappa shape index (κ2) is 3.98. The van der Waals surface area contributed by atoms with Crippen LogP contribution in [0.1, 0.15) is 15.9 Å². The summed E-state index contributed by atoms with van der Waals surface area (Å²) < 4.78 is 1.46. The Balaban J connectivity index is 2.43. The van der Waals surface area contributed by atoms with Gasteiger partial charge in [-0.1, -0.05) is 23.7 Å². The summed E-state index contributed by atoms with van der Waals surface area (Å²) in [5.74, 6) is 0.179. The minimum absolute atomic E-state index is 0.173. The lowest BCUT2D eigenvalue weighted by Gasteiger charge is -2.00. The standard InChI is InChI=1S/C11H10ClN3O/c1-15-11(13)9(6-14-15)10(16)7-3-2-4-8(12)5-7/h2-6H,13H2,1H3. The van der Waals surface area contributed by atoms with Crippen molar-refractivity contribution in [3.05, 3.63) is 46.6 Å². The summed E-state index contributed by atoms with van der Waals surface area (Å²) >= 11 is 5.82. The number of hydrogen-bond donors (Lipinski definition) is 1. The van der Waals surface area contributed by atoms with Crippen molar-refractivity contribution < 1.29 is 4.79 Å². The molecule has 4 nitrogen and oxygen atoms in total. The van der Waals surface area contributed by atoms with Gasteiger partial charge in [-0.3, -0.25) is 9.48 Å². The maximum Gasteiger partial charge on any atom is 0.198 e. The third kappa shape index (κ3) is 1.79. The molecule has 0 spiro atoms. The molecule has 0 saturated carbocycles. The van der Waals surface area contributed by atoms with Crippen LogP contribution in [0.4, 0.5) is 5.82 Å². The molecule has 0 aliphatic heterocycles. The van der Waals surface area contributed by atoms with E-state index in [0.29, 0.717) is 22.0 Å². The molecule has 1 aromatic carbocycles. The van der Waals surface area contributed by atoms with E-state index in [1.807, 2.05) is 0 Å². The number of hydrogen-bond acceptors (Lipinski definition) is 3. The molecule has 0 aliphatic rings. The van der Waals surface area contributed by atoms with Gasteiger partial charge < -0.3 is 5.73 Å². The van der Waals surface area contributed by atoms with Gasteiger partial charge in [-0.15, -0.1) is 0 Å². The second-order valence-corrected chi connectivity index (χ2v) is 3.84. The lowest BCUT2D eigenvalue weighted by Crippen LogP contribution is -2.05. The minimum atomic E-state index is -0.173. The van der Waals surface area contributed by atoms with Crippen molar-refractivity contribution in [2.45, 2.75) is 0 Å². The summed E-state index contributed by atoms with van der Waals surface area (Å²) in [4.78, 5) is 12.0. The van der Waals surface area contributed by atoms with E-state index in [0.717, 1.165) is 0 Å². The monoisotopic (exact) mass is 235 g/mol. The number of aryl methyl sites for hydroxylation is 1. The molecule has 0 saturated heterocycles. The summed E-state index contributed by atoms with van der Waals surface area (Å²) in [6.45, 7) is 0. The van der Waals surface area contributed by atoms with Gasteiger partial charge in [0.25, 0.3) is 0 Å². The first-order chi connectivity index (χ1) is 7.59. The largest absolute Gasteiger partial charge is 0.383 e. The Morgan fingerprint density at radius 3 is 2.81 bits per heavy atom. The average Bonchev–Trinajstić information content (AvgIpc) is 2.59. The molecule has 0 unspecified atom stereocenters. The number of carbonyl (C=O) groups is 1. The predicted octanol–water partition coefficient (Wildman–Crippen LogP) is 1.89. The van der Waals surface area contributed by atoms with Crippen molar-refractivity contribution in [1.29, 1.82) is 0 Å². The fraction of sp³-hybridized carbons (Fsp3) is 0.0909. The number of nitrogens with zero attached hydrogens (tertiary/aromatic N) is 2. The number of anilines is 1. The second-order valence-electron chi connectivity index (χ2n) is 3.41. The minimum Gasteiger partial charge on any atom is -0.383 e. The highest BCUT2D eigenvalue weighted by atomic mass is 35.5. The van der Waals surface area contributed by atoms with Crippen molar-refractivity contribution in [3.63, 3.8) is 0 Å². The van der Waals surface area contributed by atoms with Crippen molar-refractivity contribution in [1.82, 2.24) is 9.78 Å². The van der Waals surface area contributed by atoms with Gasteiger partial charge in [0, 0.05) is 17.6 Å². The first kappa shape index (κ1) is 10.7. The van der Waals surface area contributed by atoms with E-state index in [1.54, 1.807) is 31.3 Å². The molecule has 1 aromatic heterocycles. The van der Waals surface area contributed by atoms with Gasteiger partial charge >= 0.3 is 0 Å². The molecule has 2 aromatic rings. The maximum atomic E-state index is 12.0. The number of aromatic nitrogens is 2. The fourth-order valence-corrected chi connectivity index (χ4v) is 1.60. The molecule has 1 heterocycles. The first-order valence-corrected chi connectivity index (χ1v) is 5.05. The van der Waals surface area contributed by atoms with Gasteiger partial charge in [-0.05, 0) is 12.1 Å². The topological polar surface area (TPSA) is 60.9 Å². The molecule has 0 amide bonds. The molecule has 5 heteroatoms. The summed E-state index contributed by atoms with van der Waals surface area (Å²) in [6.07, 6.45) is 1.46. The van der Waals surface area contributed by atoms with E-state index in [-0.39, 0.29) is 5.78 Å². The van der Waals surface area contributed by atoms with E-state index < -0.39 is 0 Å². The molecule has 0 aliphatic carbocycles. The van der Waals surface area contributed by atoms with Crippen LogP contribution in [0.5, 0.6) is 0 Å². The first-order valence-electron chi connectivity index (χ1n) is 4.67. The number of nitrogens with two attached hydrogens (primary N) is 1. The lowest BCUT2D eigenvalue weighted by molar-refractivity contribution is 0.103. The van der Waals surface area contributed by atoms with E-state index >= 15 is 0 Å². The highest BCUT2D eigenvalue weighted by molar-refractivity contribution is 6.31. The number of nitrogen functional groups attached to an aromatic ring is 1. The number of halogens is 1. The smallest absolute Gasteiger partial charge is 0.198 e. The third-order valence-electron chi connectivity index (χ3n) is 2.32. The van der Waals surface area contributed by atoms with Crippen LogP contribution in [0, 0.1) is 0 Å². The quantitative estimate of drug-likeness (QED) is 0.809. The third-order valence-corrected chi connectivity index (χ3v) is 2.55. The van der Waals surface area contributed by atoms with E-state index in [1.165, 1.54) is 10.9 Å². The van der Waals surface area contributed by atoms with Gasteiger partial charge in [-0.2, -0.15) is 5.10 Å². The Morgan fingerprint density at radius 2 is 2.25 bits per heavy atom. The fourth-order valence-electron chi connectivity index (χ4n) is 1.41. The van der Waals surface area contributed by atoms with Crippen LogP contribution < -0.4 is 5.73 Å². The zero-order valence-corrected chi connectivity index (χ0v) is 9.40. The molecule has 0 atom stereocenters. The normalized spacial score (nSPS) is 10.4. The zero-order chi connectivity index (χ0) is 11.7. The van der Waals surface area contributed by atoms with Crippen molar-refractivity contribution >= 4 is 23.2 Å². The molecule has 82 valence electrons. The highest BCUT2D eigenvalue weighted by Crippen LogP contribution is 2.18. The van der Waals surface area contributed by atoms with E-state index in [4.69, 9.17) is 17.3 Å². The number of ketones is 1. The van der Waals surface area contributed by atoms with E-state index in [9.17, 15) is 4.79 Å². The Bertz CT molecular complexity index is 548. The Labute approximate surface area is 97.6 Å². The number of carbonyl (C=O) groups excluding carboxylic acids is 1. The Kier molecular flexibility index (Phi) is 2.66. The molecule has 2 rings (SSSR count). The van der Waals surface area contributed by atoms with Crippen molar-refractivity contribution in [2.24, 2.45) is 7.05 Å². The molecule has 0 radical (unpaired) electrons. The summed E-state index contributed by atoms with van der Waals surface area (Å²) in [6, 6.07) is 6.74. The molecule has 2 N–H and O–H groups in total. The zero-order valence-electron chi connectivity index (χ0n) is 8.64. The van der Waals surface area contributed by atoms with Crippen molar-refractivity contribution in [3.8, 4) is 0 Å². The molecule has 16 heavy (non-hydrogen) atoms. The van der Waals surface area contributed by atoms with Gasteiger partial charge in [0.1, 0.15) is 5.82 Å². The molecule has 0 fully saturated rings. The van der Waals surface area contributed by atoms with Crippen LogP contribution in [-0.2, 0) is 7.05 Å². The van der Waals surface area contributed by atoms with Crippen LogP contribution in [0.25, 0.3) is 0 Å². The van der Waals surface area contributed by atoms with Crippen LogP contribution in [0.2, 0.25) is 5.02 Å². The van der Waals surface area contributed by atoms with E-state index in [2.05, 4.69) is 5.10 Å². The van der Waals surface area contributed by atoms with Gasteiger partial charge in [-0.25, -0.2) is 0 Å². The summed E-state index contributed by atoms with van der Waals surface area (Å²) in [7, 11) is 1.68. The van der Waals surface area contributed by atoms with Gasteiger partial charge in [0.05, 0.1) is 11.8 Å². The molecular weight excluding hydrogens is 226 g/mol.